The van der Waals surface area contributed by atoms with E-state index in [0.29, 0.717) is 5.02 Å². The Morgan fingerprint density at radius 1 is 1.00 bits per heavy atom. The van der Waals surface area contributed by atoms with Crippen molar-refractivity contribution in [2.75, 3.05) is 0 Å². The van der Waals surface area contributed by atoms with Crippen LogP contribution in [0, 0.1) is 0 Å². The van der Waals surface area contributed by atoms with Crippen LogP contribution in [0.5, 0.6) is 0 Å². The van der Waals surface area contributed by atoms with Gasteiger partial charge in [-0.3, -0.25) is 9.97 Å². The molecule has 0 bridgehead atoms. The van der Waals surface area contributed by atoms with Gasteiger partial charge in [0.1, 0.15) is 0 Å². The minimum atomic E-state index is 0.672. The molecule has 0 aliphatic carbocycles. The van der Waals surface area contributed by atoms with Gasteiger partial charge in [0.25, 0.3) is 0 Å². The first-order chi connectivity index (χ1) is 10.2. The second-order valence-corrected chi connectivity index (χ2v) is 5.48. The van der Waals surface area contributed by atoms with Crippen molar-refractivity contribution < 1.29 is 0 Å². The minimum Gasteiger partial charge on any atom is -0.351 e. The fourth-order valence-electron chi connectivity index (χ4n) is 2.78. The molecule has 4 rings (SSSR count). The Kier molecular flexibility index (Phi) is 2.69. The Morgan fingerprint density at radius 3 is 2.76 bits per heavy atom. The SMILES string of the molecule is Cn1ccc2c(-c3cc(Cl)cc4nccnc34)cccc21. The molecule has 0 fully saturated rings. The van der Waals surface area contributed by atoms with Crippen molar-refractivity contribution in [1.82, 2.24) is 14.5 Å². The van der Waals surface area contributed by atoms with Crippen molar-refractivity contribution in [2.45, 2.75) is 0 Å². The van der Waals surface area contributed by atoms with Crippen LogP contribution in [0.4, 0.5) is 0 Å². The molecule has 2 aromatic carbocycles. The van der Waals surface area contributed by atoms with E-state index in [1.807, 2.05) is 19.2 Å². The van der Waals surface area contributed by atoms with Crippen LogP contribution in [-0.2, 0) is 7.05 Å². The summed E-state index contributed by atoms with van der Waals surface area (Å²) >= 11 is 6.26. The molecule has 0 aliphatic rings. The van der Waals surface area contributed by atoms with Gasteiger partial charge in [0.2, 0.25) is 0 Å². The second-order valence-electron chi connectivity index (χ2n) is 5.04. The van der Waals surface area contributed by atoms with Gasteiger partial charge in [0.15, 0.2) is 0 Å². The van der Waals surface area contributed by atoms with Crippen molar-refractivity contribution in [3.8, 4) is 11.1 Å². The van der Waals surface area contributed by atoms with E-state index in [4.69, 9.17) is 11.6 Å². The third kappa shape index (κ3) is 1.89. The fraction of sp³-hybridized carbons (Fsp3) is 0.0588. The Hall–Kier alpha value is -2.39. The van der Waals surface area contributed by atoms with Crippen LogP contribution in [0.1, 0.15) is 0 Å². The van der Waals surface area contributed by atoms with Gasteiger partial charge in [-0.15, -0.1) is 0 Å². The lowest BCUT2D eigenvalue weighted by molar-refractivity contribution is 0.969. The predicted molar refractivity (Wildman–Crippen MR) is 86.5 cm³/mol. The topological polar surface area (TPSA) is 30.7 Å². The molecule has 0 amide bonds. The lowest BCUT2D eigenvalue weighted by Crippen LogP contribution is -1.89. The normalized spacial score (nSPS) is 11.3. The maximum atomic E-state index is 6.26. The van der Waals surface area contributed by atoms with E-state index in [1.54, 1.807) is 12.4 Å². The molecular formula is C17H12ClN3. The molecule has 102 valence electrons. The van der Waals surface area contributed by atoms with Crippen molar-refractivity contribution in [1.29, 1.82) is 0 Å². The Bertz CT molecular complexity index is 972. The lowest BCUT2D eigenvalue weighted by atomic mass is 10.00. The van der Waals surface area contributed by atoms with Crippen LogP contribution in [0.3, 0.4) is 0 Å². The summed E-state index contributed by atoms with van der Waals surface area (Å²) < 4.78 is 2.11. The molecule has 0 radical (unpaired) electrons. The number of nitrogens with zero attached hydrogens (tertiary/aromatic N) is 3. The molecule has 3 nitrogen and oxygen atoms in total. The lowest BCUT2D eigenvalue weighted by Gasteiger charge is -2.08. The highest BCUT2D eigenvalue weighted by atomic mass is 35.5. The smallest absolute Gasteiger partial charge is 0.0966 e. The number of fused-ring (bicyclic) bond motifs is 2. The van der Waals surface area contributed by atoms with E-state index in [2.05, 4.69) is 45.0 Å². The van der Waals surface area contributed by atoms with Crippen LogP contribution in [0.25, 0.3) is 33.1 Å². The molecule has 2 heterocycles. The number of benzene rings is 2. The fourth-order valence-corrected chi connectivity index (χ4v) is 3.00. The van der Waals surface area contributed by atoms with Crippen LogP contribution in [0.15, 0.2) is 55.0 Å². The largest absolute Gasteiger partial charge is 0.351 e. The van der Waals surface area contributed by atoms with Crippen LogP contribution in [-0.4, -0.2) is 14.5 Å². The first-order valence-corrected chi connectivity index (χ1v) is 7.06. The van der Waals surface area contributed by atoms with Crippen molar-refractivity contribution >= 4 is 33.5 Å². The zero-order valence-electron chi connectivity index (χ0n) is 11.4. The maximum absolute atomic E-state index is 6.26. The number of aryl methyl sites for hydroxylation is 1. The monoisotopic (exact) mass is 293 g/mol. The number of hydrogen-bond acceptors (Lipinski definition) is 2. The Balaban J connectivity index is 2.14. The second kappa shape index (κ2) is 4.57. The van der Waals surface area contributed by atoms with Gasteiger partial charge in [0.05, 0.1) is 11.0 Å². The maximum Gasteiger partial charge on any atom is 0.0966 e. The number of rotatable bonds is 1. The molecule has 2 aromatic heterocycles. The van der Waals surface area contributed by atoms with E-state index in [1.165, 1.54) is 10.9 Å². The average molecular weight is 294 g/mol. The van der Waals surface area contributed by atoms with E-state index in [0.717, 1.165) is 22.2 Å². The highest BCUT2D eigenvalue weighted by Gasteiger charge is 2.11. The molecule has 0 atom stereocenters. The highest BCUT2D eigenvalue weighted by molar-refractivity contribution is 6.32. The van der Waals surface area contributed by atoms with Crippen LogP contribution < -0.4 is 0 Å². The minimum absolute atomic E-state index is 0.672. The van der Waals surface area contributed by atoms with Gasteiger partial charge >= 0.3 is 0 Å². The molecule has 21 heavy (non-hydrogen) atoms. The van der Waals surface area contributed by atoms with Gasteiger partial charge < -0.3 is 4.57 Å². The zero-order valence-corrected chi connectivity index (χ0v) is 12.2. The highest BCUT2D eigenvalue weighted by Crippen LogP contribution is 2.34. The summed E-state index contributed by atoms with van der Waals surface area (Å²) in [6, 6.07) is 12.2. The summed E-state index contributed by atoms with van der Waals surface area (Å²) in [5.41, 5.74) is 5.01. The molecule has 0 aliphatic heterocycles. The molecule has 0 saturated heterocycles. The van der Waals surface area contributed by atoms with E-state index in [9.17, 15) is 0 Å². The first-order valence-electron chi connectivity index (χ1n) is 6.69. The average Bonchev–Trinajstić information content (AvgIpc) is 2.88. The van der Waals surface area contributed by atoms with Crippen LogP contribution in [0.2, 0.25) is 5.02 Å². The van der Waals surface area contributed by atoms with Gasteiger partial charge in [-0.1, -0.05) is 23.7 Å². The quantitative estimate of drug-likeness (QED) is 0.519. The number of hydrogen-bond donors (Lipinski definition) is 0. The summed E-state index contributed by atoms with van der Waals surface area (Å²) in [5, 5.41) is 1.86. The molecule has 4 heteroatoms. The number of halogens is 1. The summed E-state index contributed by atoms with van der Waals surface area (Å²) in [6.07, 6.45) is 5.46. The van der Waals surface area contributed by atoms with Gasteiger partial charge in [0, 0.05) is 47.1 Å². The van der Waals surface area contributed by atoms with Crippen LogP contribution >= 0.6 is 11.6 Å². The molecule has 0 N–H and O–H groups in total. The van der Waals surface area contributed by atoms with E-state index < -0.39 is 0 Å². The zero-order chi connectivity index (χ0) is 14.4. The molecule has 0 saturated carbocycles. The molecule has 0 unspecified atom stereocenters. The van der Waals surface area contributed by atoms with E-state index >= 15 is 0 Å². The van der Waals surface area contributed by atoms with Crippen molar-refractivity contribution in [3.05, 3.63) is 60.0 Å². The van der Waals surface area contributed by atoms with E-state index in [-0.39, 0.29) is 0 Å². The summed E-state index contributed by atoms with van der Waals surface area (Å²) in [4.78, 5) is 8.85. The third-order valence-corrected chi connectivity index (χ3v) is 3.97. The molecule has 4 aromatic rings. The predicted octanol–water partition coefficient (Wildman–Crippen LogP) is 4.44. The summed E-state index contributed by atoms with van der Waals surface area (Å²) in [6.45, 7) is 0. The molecule has 0 spiro atoms. The first kappa shape index (κ1) is 12.4. The molecular weight excluding hydrogens is 282 g/mol. The number of aromatic nitrogens is 3. The standard InChI is InChI=1S/C17H12ClN3/c1-21-8-5-13-12(3-2-4-16(13)21)14-9-11(18)10-15-17(14)20-7-6-19-15/h2-10H,1H3. The summed E-state index contributed by atoms with van der Waals surface area (Å²) in [5.74, 6) is 0. The Morgan fingerprint density at radius 2 is 1.86 bits per heavy atom. The van der Waals surface area contributed by atoms with Gasteiger partial charge in [-0.05, 0) is 29.8 Å². The van der Waals surface area contributed by atoms with Crippen molar-refractivity contribution in [3.63, 3.8) is 0 Å². The van der Waals surface area contributed by atoms with Gasteiger partial charge in [-0.25, -0.2) is 0 Å². The Labute approximate surface area is 126 Å². The summed E-state index contributed by atoms with van der Waals surface area (Å²) in [7, 11) is 2.04. The third-order valence-electron chi connectivity index (χ3n) is 3.76. The van der Waals surface area contributed by atoms with Gasteiger partial charge in [-0.2, -0.15) is 0 Å². The van der Waals surface area contributed by atoms with Crippen molar-refractivity contribution in [2.24, 2.45) is 7.05 Å².